The third-order valence-corrected chi connectivity index (χ3v) is 2.33. The minimum Gasteiger partial charge on any atom is -0.398 e. The minimum absolute atomic E-state index is 0.123. The lowest BCUT2D eigenvalue weighted by Crippen LogP contribution is -2.38. The Labute approximate surface area is 101 Å². The molecule has 0 fully saturated rings. The maximum Gasteiger partial charge on any atom is 0.287 e. The molecule has 17 heavy (non-hydrogen) atoms. The van der Waals surface area contributed by atoms with Gasteiger partial charge >= 0.3 is 0 Å². The van der Waals surface area contributed by atoms with Gasteiger partial charge in [-0.1, -0.05) is 11.6 Å². The Morgan fingerprint density at radius 3 is 2.71 bits per heavy atom. The van der Waals surface area contributed by atoms with Gasteiger partial charge in [0.05, 0.1) is 17.3 Å². The summed E-state index contributed by atoms with van der Waals surface area (Å²) in [6, 6.07) is 4.05. The molecule has 1 aromatic rings. The lowest BCUT2D eigenvalue weighted by molar-refractivity contribution is -0.0462. The molecule has 4 nitrogen and oxygen atoms in total. The number of nitrogens with one attached hydrogen (secondary N) is 1. The van der Waals surface area contributed by atoms with Crippen LogP contribution in [0.3, 0.4) is 0 Å². The molecule has 0 aliphatic rings. The van der Waals surface area contributed by atoms with Crippen LogP contribution in [-0.2, 0) is 0 Å². The third kappa shape index (κ3) is 3.83. The number of anilines is 1. The van der Waals surface area contributed by atoms with Gasteiger partial charge in [-0.25, -0.2) is 8.78 Å². The van der Waals surface area contributed by atoms with Crippen LogP contribution in [0.15, 0.2) is 18.2 Å². The van der Waals surface area contributed by atoms with Crippen LogP contribution in [0.5, 0.6) is 0 Å². The average molecular weight is 265 g/mol. The van der Waals surface area contributed by atoms with Crippen LogP contribution in [0.4, 0.5) is 14.5 Å². The fourth-order valence-corrected chi connectivity index (χ4v) is 1.22. The van der Waals surface area contributed by atoms with E-state index in [1.165, 1.54) is 18.2 Å². The highest BCUT2D eigenvalue weighted by atomic mass is 35.5. The predicted molar refractivity (Wildman–Crippen MR) is 60.2 cm³/mol. The fourth-order valence-electron chi connectivity index (χ4n) is 1.04. The summed E-state index contributed by atoms with van der Waals surface area (Å²) < 4.78 is 25.3. The van der Waals surface area contributed by atoms with Crippen molar-refractivity contribution in [2.24, 2.45) is 0 Å². The van der Waals surface area contributed by atoms with Crippen molar-refractivity contribution in [3.8, 4) is 0 Å². The lowest BCUT2D eigenvalue weighted by Gasteiger charge is -2.14. The molecule has 1 rings (SSSR count). The second-order valence-electron chi connectivity index (χ2n) is 3.43. The highest BCUT2D eigenvalue weighted by Gasteiger charge is 2.28. The monoisotopic (exact) mass is 264 g/mol. The van der Waals surface area contributed by atoms with Gasteiger partial charge in [-0.2, -0.15) is 0 Å². The number of alkyl halides is 2. The Balaban J connectivity index is 2.68. The van der Waals surface area contributed by atoms with E-state index in [1.807, 2.05) is 5.32 Å². The summed E-state index contributed by atoms with van der Waals surface area (Å²) in [6.07, 6.45) is 0. The van der Waals surface area contributed by atoms with Gasteiger partial charge in [0.15, 0.2) is 0 Å². The van der Waals surface area contributed by atoms with E-state index in [2.05, 4.69) is 0 Å². The van der Waals surface area contributed by atoms with Crippen LogP contribution in [0.2, 0.25) is 5.02 Å². The Bertz CT molecular complexity index is 427. The number of nitrogen functional groups attached to an aromatic ring is 1. The summed E-state index contributed by atoms with van der Waals surface area (Å²) in [6.45, 7) is -2.26. The van der Waals surface area contributed by atoms with E-state index in [0.717, 1.165) is 0 Å². The first kappa shape index (κ1) is 13.7. The highest BCUT2D eigenvalue weighted by molar-refractivity contribution is 6.33. The van der Waals surface area contributed by atoms with E-state index in [0.29, 0.717) is 5.69 Å². The molecule has 0 saturated heterocycles. The maximum atomic E-state index is 12.7. The standard InChI is InChI=1S/C10H11ClF2N2O2/c11-7-3-6(1-2-8(7)14)9(17)15-4-10(12,13)5-16/h1-3,16H,4-5,14H2,(H,15,17). The van der Waals surface area contributed by atoms with Crippen molar-refractivity contribution in [3.63, 3.8) is 0 Å². The Hall–Kier alpha value is -1.40. The van der Waals surface area contributed by atoms with Crippen molar-refractivity contribution in [2.75, 3.05) is 18.9 Å². The number of carbonyl (C=O) groups excluding carboxylic acids is 1. The summed E-state index contributed by atoms with van der Waals surface area (Å²) >= 11 is 5.68. The smallest absolute Gasteiger partial charge is 0.287 e. The third-order valence-electron chi connectivity index (χ3n) is 2.00. The number of amides is 1. The van der Waals surface area contributed by atoms with Crippen LogP contribution in [0, 0.1) is 0 Å². The quantitative estimate of drug-likeness (QED) is 0.717. The Morgan fingerprint density at radius 2 is 2.18 bits per heavy atom. The van der Waals surface area contributed by atoms with Gasteiger partial charge in [-0.3, -0.25) is 4.79 Å². The van der Waals surface area contributed by atoms with Gasteiger partial charge in [0, 0.05) is 5.56 Å². The Morgan fingerprint density at radius 1 is 1.53 bits per heavy atom. The largest absolute Gasteiger partial charge is 0.398 e. The molecule has 0 bridgehead atoms. The van der Waals surface area contributed by atoms with E-state index in [1.54, 1.807) is 0 Å². The van der Waals surface area contributed by atoms with E-state index >= 15 is 0 Å². The fraction of sp³-hybridized carbons (Fsp3) is 0.300. The molecule has 0 radical (unpaired) electrons. The number of rotatable bonds is 4. The van der Waals surface area contributed by atoms with Gasteiger partial charge in [0.2, 0.25) is 0 Å². The van der Waals surface area contributed by atoms with Crippen LogP contribution >= 0.6 is 11.6 Å². The van der Waals surface area contributed by atoms with Gasteiger partial charge in [0.1, 0.15) is 6.61 Å². The number of aliphatic hydroxyl groups excluding tert-OH is 1. The molecule has 0 spiro atoms. The summed E-state index contributed by atoms with van der Waals surface area (Å²) in [7, 11) is 0. The zero-order valence-corrected chi connectivity index (χ0v) is 9.47. The molecular formula is C10H11ClF2N2O2. The van der Waals surface area contributed by atoms with Crippen molar-refractivity contribution >= 4 is 23.2 Å². The van der Waals surface area contributed by atoms with Gasteiger partial charge < -0.3 is 16.2 Å². The molecule has 0 atom stereocenters. The first-order chi connectivity index (χ1) is 7.85. The van der Waals surface area contributed by atoms with Crippen molar-refractivity contribution in [2.45, 2.75) is 5.92 Å². The second kappa shape index (κ2) is 5.29. The highest BCUT2D eigenvalue weighted by Crippen LogP contribution is 2.19. The van der Waals surface area contributed by atoms with E-state index in [-0.39, 0.29) is 10.6 Å². The van der Waals surface area contributed by atoms with Crippen LogP contribution in [0.25, 0.3) is 0 Å². The SMILES string of the molecule is Nc1ccc(C(=O)NCC(F)(F)CO)cc1Cl. The van der Waals surface area contributed by atoms with E-state index < -0.39 is 25.0 Å². The zero-order chi connectivity index (χ0) is 13.1. The molecule has 1 amide bonds. The molecule has 4 N–H and O–H groups in total. The summed E-state index contributed by atoms with van der Waals surface area (Å²) in [5.74, 6) is -4.05. The number of hydrogen-bond donors (Lipinski definition) is 3. The number of carbonyl (C=O) groups is 1. The number of halogens is 3. The maximum absolute atomic E-state index is 12.7. The molecule has 0 aliphatic carbocycles. The molecule has 94 valence electrons. The van der Waals surface area contributed by atoms with Crippen LogP contribution in [0.1, 0.15) is 10.4 Å². The summed E-state index contributed by atoms with van der Waals surface area (Å²) in [4.78, 5) is 11.4. The number of aliphatic hydroxyl groups is 1. The number of hydrogen-bond acceptors (Lipinski definition) is 3. The molecule has 7 heteroatoms. The molecular weight excluding hydrogens is 254 g/mol. The average Bonchev–Trinajstić information content (AvgIpc) is 2.30. The topological polar surface area (TPSA) is 75.4 Å². The zero-order valence-electron chi connectivity index (χ0n) is 8.71. The predicted octanol–water partition coefficient (Wildman–Crippen LogP) is 1.28. The molecule has 0 saturated carbocycles. The molecule has 1 aromatic carbocycles. The van der Waals surface area contributed by atoms with E-state index in [9.17, 15) is 13.6 Å². The minimum atomic E-state index is -3.34. The number of benzene rings is 1. The Kier molecular flexibility index (Phi) is 4.25. The second-order valence-corrected chi connectivity index (χ2v) is 3.84. The molecule has 0 aromatic heterocycles. The van der Waals surface area contributed by atoms with Crippen molar-refractivity contribution < 1.29 is 18.7 Å². The van der Waals surface area contributed by atoms with Crippen molar-refractivity contribution in [1.29, 1.82) is 0 Å². The van der Waals surface area contributed by atoms with Crippen LogP contribution in [-0.4, -0.2) is 30.1 Å². The molecule has 0 aliphatic heterocycles. The van der Waals surface area contributed by atoms with Gasteiger partial charge in [-0.15, -0.1) is 0 Å². The van der Waals surface area contributed by atoms with Gasteiger partial charge in [0.25, 0.3) is 11.8 Å². The van der Waals surface area contributed by atoms with Gasteiger partial charge in [-0.05, 0) is 18.2 Å². The number of nitrogens with two attached hydrogens (primary N) is 1. The summed E-state index contributed by atoms with van der Waals surface area (Å²) in [5, 5.41) is 10.5. The van der Waals surface area contributed by atoms with E-state index in [4.69, 9.17) is 22.4 Å². The van der Waals surface area contributed by atoms with Crippen molar-refractivity contribution in [3.05, 3.63) is 28.8 Å². The summed E-state index contributed by atoms with van der Waals surface area (Å²) in [5.41, 5.74) is 5.86. The normalized spacial score (nSPS) is 11.3. The first-order valence-corrected chi connectivity index (χ1v) is 5.05. The molecule has 0 unspecified atom stereocenters. The first-order valence-electron chi connectivity index (χ1n) is 4.67. The van der Waals surface area contributed by atoms with Crippen LogP contribution < -0.4 is 11.1 Å². The van der Waals surface area contributed by atoms with Crippen molar-refractivity contribution in [1.82, 2.24) is 5.32 Å². The molecule has 0 heterocycles. The lowest BCUT2D eigenvalue weighted by atomic mass is 10.2.